The highest BCUT2D eigenvalue weighted by atomic mass is 16.3. The lowest BCUT2D eigenvalue weighted by Gasteiger charge is -2.26. The van der Waals surface area contributed by atoms with Gasteiger partial charge in [-0.05, 0) is 56.2 Å². The molecule has 0 bridgehead atoms. The minimum Gasteiger partial charge on any atom is -0.393 e. The van der Waals surface area contributed by atoms with Crippen molar-refractivity contribution in [1.82, 2.24) is 5.32 Å². The van der Waals surface area contributed by atoms with Crippen LogP contribution >= 0.6 is 0 Å². The second-order valence-corrected chi connectivity index (χ2v) is 7.47. The van der Waals surface area contributed by atoms with Gasteiger partial charge in [0.25, 0.3) is 0 Å². The quantitative estimate of drug-likeness (QED) is 0.779. The van der Waals surface area contributed by atoms with E-state index in [0.717, 1.165) is 44.5 Å². The van der Waals surface area contributed by atoms with Gasteiger partial charge in [0, 0.05) is 31.0 Å². The molecule has 1 aliphatic heterocycles. The van der Waals surface area contributed by atoms with Crippen LogP contribution in [0.1, 0.15) is 51.4 Å². The molecule has 0 spiro atoms. The molecule has 0 radical (unpaired) electrons. The summed E-state index contributed by atoms with van der Waals surface area (Å²) < 4.78 is 0. The number of carbonyl (C=O) groups is 1. The molecule has 2 fully saturated rings. The summed E-state index contributed by atoms with van der Waals surface area (Å²) in [5, 5.41) is 15.6. The lowest BCUT2D eigenvalue weighted by molar-refractivity contribution is 0.101. The van der Waals surface area contributed by atoms with Gasteiger partial charge in [-0.2, -0.15) is 0 Å². The van der Waals surface area contributed by atoms with Crippen molar-refractivity contribution in [2.24, 2.45) is 5.92 Å². The Hall–Kier alpha value is -1.75. The number of benzene rings is 1. The molecule has 5 heteroatoms. The van der Waals surface area contributed by atoms with Crippen molar-refractivity contribution < 1.29 is 9.90 Å². The molecule has 2 unspecified atom stereocenters. The van der Waals surface area contributed by atoms with Crippen LogP contribution in [0.5, 0.6) is 0 Å². The van der Waals surface area contributed by atoms with E-state index < -0.39 is 0 Å². The zero-order chi connectivity index (χ0) is 17.5. The Balaban J connectivity index is 1.50. The number of nitrogens with one attached hydrogen (secondary N) is 2. The summed E-state index contributed by atoms with van der Waals surface area (Å²) in [6, 6.07) is 7.97. The molecule has 2 aliphatic rings. The Morgan fingerprint density at radius 2 is 1.92 bits per heavy atom. The van der Waals surface area contributed by atoms with Crippen LogP contribution < -0.4 is 15.5 Å². The van der Waals surface area contributed by atoms with Gasteiger partial charge < -0.3 is 20.6 Å². The number of hydrogen-bond acceptors (Lipinski definition) is 3. The Morgan fingerprint density at radius 1 is 1.12 bits per heavy atom. The van der Waals surface area contributed by atoms with E-state index in [1.807, 2.05) is 12.1 Å². The first-order valence-corrected chi connectivity index (χ1v) is 9.78. The average molecular weight is 345 g/mol. The van der Waals surface area contributed by atoms with Crippen molar-refractivity contribution in [3.63, 3.8) is 0 Å². The molecular weight excluding hydrogens is 314 g/mol. The van der Waals surface area contributed by atoms with Gasteiger partial charge in [0.05, 0.1) is 6.10 Å². The third-order valence-corrected chi connectivity index (χ3v) is 5.38. The number of hydrogen-bond donors (Lipinski definition) is 3. The molecule has 1 saturated heterocycles. The third-order valence-electron chi connectivity index (χ3n) is 5.38. The summed E-state index contributed by atoms with van der Waals surface area (Å²) in [6.07, 6.45) is 8.73. The van der Waals surface area contributed by atoms with Gasteiger partial charge in [0.1, 0.15) is 0 Å². The fraction of sp³-hybridized carbons (Fsp3) is 0.650. The fourth-order valence-electron chi connectivity index (χ4n) is 3.97. The number of anilines is 2. The molecule has 3 N–H and O–H groups in total. The van der Waals surface area contributed by atoms with Gasteiger partial charge >= 0.3 is 6.03 Å². The van der Waals surface area contributed by atoms with Gasteiger partial charge in [-0.25, -0.2) is 4.79 Å². The summed E-state index contributed by atoms with van der Waals surface area (Å²) in [5.74, 6) is 0.387. The van der Waals surface area contributed by atoms with Crippen LogP contribution in [0.25, 0.3) is 0 Å². The van der Waals surface area contributed by atoms with Gasteiger partial charge in [-0.3, -0.25) is 0 Å². The number of nitrogens with zero attached hydrogens (tertiary/aromatic N) is 1. The van der Waals surface area contributed by atoms with Gasteiger partial charge in [-0.15, -0.1) is 0 Å². The normalized spacial score (nSPS) is 24.4. The Morgan fingerprint density at radius 3 is 2.68 bits per heavy atom. The van der Waals surface area contributed by atoms with Crippen molar-refractivity contribution >= 4 is 17.4 Å². The highest BCUT2D eigenvalue weighted by Gasteiger charge is 2.20. The van der Waals surface area contributed by atoms with Crippen molar-refractivity contribution in [1.29, 1.82) is 0 Å². The van der Waals surface area contributed by atoms with Gasteiger partial charge in [0.15, 0.2) is 0 Å². The zero-order valence-electron chi connectivity index (χ0n) is 15.0. The van der Waals surface area contributed by atoms with E-state index in [0.29, 0.717) is 12.5 Å². The van der Waals surface area contributed by atoms with E-state index in [4.69, 9.17) is 0 Å². The summed E-state index contributed by atoms with van der Waals surface area (Å²) in [5.41, 5.74) is 2.03. The van der Waals surface area contributed by atoms with Crippen molar-refractivity contribution in [2.45, 2.75) is 57.5 Å². The lowest BCUT2D eigenvalue weighted by Crippen LogP contribution is -2.35. The first kappa shape index (κ1) is 18.1. The summed E-state index contributed by atoms with van der Waals surface area (Å²) >= 11 is 0. The molecular formula is C20H31N3O2. The maximum Gasteiger partial charge on any atom is 0.319 e. The molecule has 5 nitrogen and oxygen atoms in total. The Labute approximate surface area is 150 Å². The van der Waals surface area contributed by atoms with Crippen LogP contribution in [0, 0.1) is 5.92 Å². The predicted octanol–water partition coefficient (Wildman–Crippen LogP) is 3.74. The van der Waals surface area contributed by atoms with Crippen LogP contribution in [0.3, 0.4) is 0 Å². The smallest absolute Gasteiger partial charge is 0.319 e. The number of amides is 2. The van der Waals surface area contributed by atoms with Crippen LogP contribution in [0.2, 0.25) is 0 Å². The van der Waals surface area contributed by atoms with Crippen LogP contribution in [-0.2, 0) is 0 Å². The van der Waals surface area contributed by atoms with Gasteiger partial charge in [-0.1, -0.05) is 25.3 Å². The number of aliphatic hydroxyl groups is 1. The summed E-state index contributed by atoms with van der Waals surface area (Å²) in [7, 11) is 0. The maximum atomic E-state index is 12.2. The van der Waals surface area contributed by atoms with Crippen molar-refractivity contribution in [3.05, 3.63) is 24.3 Å². The van der Waals surface area contributed by atoms with Crippen molar-refractivity contribution in [3.8, 4) is 0 Å². The van der Waals surface area contributed by atoms with Crippen molar-refractivity contribution in [2.75, 3.05) is 29.9 Å². The van der Waals surface area contributed by atoms with Gasteiger partial charge in [0.2, 0.25) is 0 Å². The Kier molecular flexibility index (Phi) is 6.56. The van der Waals surface area contributed by atoms with Crippen LogP contribution in [0.15, 0.2) is 24.3 Å². The average Bonchev–Trinajstić information content (AvgIpc) is 2.90. The molecule has 1 aliphatic carbocycles. The highest BCUT2D eigenvalue weighted by Crippen LogP contribution is 2.24. The lowest BCUT2D eigenvalue weighted by atomic mass is 9.87. The monoisotopic (exact) mass is 345 g/mol. The maximum absolute atomic E-state index is 12.2. The molecule has 25 heavy (non-hydrogen) atoms. The summed E-state index contributed by atoms with van der Waals surface area (Å²) in [6.45, 7) is 2.83. The minimum atomic E-state index is -0.200. The topological polar surface area (TPSA) is 64.6 Å². The molecule has 1 saturated carbocycles. The SMILES string of the molecule is O=C(NCC1CCCC(O)C1)Nc1cccc(N2CCCCCC2)c1. The standard InChI is InChI=1S/C20H31N3O2/c24-19-10-5-7-16(13-19)15-21-20(25)22-17-8-6-9-18(14-17)23-11-3-1-2-4-12-23/h6,8-9,14,16,19,24H,1-5,7,10-13,15H2,(H2,21,22,25). The zero-order valence-corrected chi connectivity index (χ0v) is 15.0. The van der Waals surface area contributed by atoms with Crippen LogP contribution in [-0.4, -0.2) is 36.9 Å². The summed E-state index contributed by atoms with van der Waals surface area (Å²) in [4.78, 5) is 14.6. The first-order chi connectivity index (χ1) is 12.2. The number of aliphatic hydroxyl groups excluding tert-OH is 1. The number of urea groups is 1. The van der Waals surface area contributed by atoms with E-state index in [-0.39, 0.29) is 12.1 Å². The van der Waals surface area contributed by atoms with E-state index in [1.165, 1.54) is 31.4 Å². The molecule has 2 amide bonds. The van der Waals surface area contributed by atoms with E-state index in [1.54, 1.807) is 0 Å². The number of carbonyl (C=O) groups excluding carboxylic acids is 1. The van der Waals surface area contributed by atoms with E-state index in [2.05, 4.69) is 27.7 Å². The third kappa shape index (κ3) is 5.63. The van der Waals surface area contributed by atoms with E-state index in [9.17, 15) is 9.90 Å². The molecule has 138 valence electrons. The molecule has 3 rings (SSSR count). The van der Waals surface area contributed by atoms with E-state index >= 15 is 0 Å². The predicted molar refractivity (Wildman–Crippen MR) is 102 cm³/mol. The number of rotatable bonds is 4. The molecule has 1 aromatic carbocycles. The Bertz CT molecular complexity index is 556. The largest absolute Gasteiger partial charge is 0.393 e. The molecule has 0 aromatic heterocycles. The second-order valence-electron chi connectivity index (χ2n) is 7.47. The molecule has 1 heterocycles. The molecule has 2 atom stereocenters. The minimum absolute atomic E-state index is 0.159. The second kappa shape index (κ2) is 9.09. The van der Waals surface area contributed by atoms with Crippen LogP contribution in [0.4, 0.5) is 16.2 Å². The molecule has 1 aromatic rings. The highest BCUT2D eigenvalue weighted by molar-refractivity contribution is 5.89. The fourth-order valence-corrected chi connectivity index (χ4v) is 3.97. The first-order valence-electron chi connectivity index (χ1n) is 9.78.